The Hall–Kier alpha value is -1.83. The molecule has 2 fully saturated rings. The van der Waals surface area contributed by atoms with Gasteiger partial charge in [-0.3, -0.25) is 4.90 Å². The lowest BCUT2D eigenvalue weighted by atomic mass is 10.1. The quantitative estimate of drug-likeness (QED) is 0.612. The predicted molar refractivity (Wildman–Crippen MR) is 134 cm³/mol. The molecule has 1 aromatic carbocycles. The Morgan fingerprint density at radius 3 is 2.41 bits per heavy atom. The molecule has 2 aliphatic rings. The van der Waals surface area contributed by atoms with Crippen LogP contribution in [0.15, 0.2) is 24.3 Å². The number of carbonyl (C=O) groups is 1. The molecule has 7 nitrogen and oxygen atoms in total. The first-order valence-electron chi connectivity index (χ1n) is 12.4. The number of aryl methyl sites for hydroxylation is 1. The highest BCUT2D eigenvalue weighted by Gasteiger charge is 2.22. The van der Waals surface area contributed by atoms with Gasteiger partial charge in [-0.15, -0.1) is 0 Å². The van der Waals surface area contributed by atoms with Gasteiger partial charge in [-0.25, -0.2) is 4.79 Å². The van der Waals surface area contributed by atoms with E-state index in [9.17, 15) is 4.79 Å². The van der Waals surface area contributed by atoms with Crippen molar-refractivity contribution < 1.29 is 4.79 Å². The maximum absolute atomic E-state index is 12.4. The van der Waals surface area contributed by atoms with Crippen LogP contribution in [0.3, 0.4) is 0 Å². The first-order chi connectivity index (χ1) is 15.4. The molecule has 2 saturated heterocycles. The number of anilines is 1. The van der Waals surface area contributed by atoms with E-state index in [1.165, 1.54) is 11.3 Å². The minimum absolute atomic E-state index is 0.00601. The van der Waals surface area contributed by atoms with Gasteiger partial charge < -0.3 is 25.3 Å². The summed E-state index contributed by atoms with van der Waals surface area (Å²) >= 11 is 0. The molecule has 2 aliphatic heterocycles. The molecule has 1 atom stereocenters. The van der Waals surface area contributed by atoms with Crippen molar-refractivity contribution in [3.05, 3.63) is 29.8 Å². The second kappa shape index (κ2) is 12.4. The molecule has 1 unspecified atom stereocenters. The number of amides is 2. The lowest BCUT2D eigenvalue weighted by molar-refractivity contribution is 0.179. The van der Waals surface area contributed by atoms with Crippen molar-refractivity contribution in [1.82, 2.24) is 25.3 Å². The lowest BCUT2D eigenvalue weighted by Gasteiger charge is -2.36. The van der Waals surface area contributed by atoms with Crippen molar-refractivity contribution in [3.8, 4) is 0 Å². The second-order valence-corrected chi connectivity index (χ2v) is 9.89. The standard InChI is InChI=1S/C25H44N6O/c1-21-6-5-7-24(20-21)31-18-16-30(17-19-31)11-8-22(2)26-25(32)27-23-9-12-29(13-10-23)15-14-28(3)4/h5-7,20,22-23H,8-19H2,1-4H3,(H2,26,27,32). The van der Waals surface area contributed by atoms with Gasteiger partial charge in [-0.1, -0.05) is 12.1 Å². The summed E-state index contributed by atoms with van der Waals surface area (Å²) in [7, 11) is 4.23. The molecule has 3 rings (SSSR count). The number of likely N-dealkylation sites (N-methyl/N-ethyl adjacent to an activating group) is 1. The molecule has 0 aliphatic carbocycles. The molecule has 0 radical (unpaired) electrons. The summed E-state index contributed by atoms with van der Waals surface area (Å²) in [6.45, 7) is 14.0. The van der Waals surface area contributed by atoms with Crippen LogP contribution in [0.2, 0.25) is 0 Å². The maximum atomic E-state index is 12.4. The Morgan fingerprint density at radius 2 is 1.75 bits per heavy atom. The molecule has 2 amide bonds. The molecule has 32 heavy (non-hydrogen) atoms. The van der Waals surface area contributed by atoms with E-state index in [1.807, 2.05) is 0 Å². The van der Waals surface area contributed by atoms with Crippen LogP contribution in [0, 0.1) is 6.92 Å². The Balaban J connectivity index is 1.27. The zero-order chi connectivity index (χ0) is 22.9. The molecule has 2 heterocycles. The first kappa shape index (κ1) is 24.8. The van der Waals surface area contributed by atoms with Crippen molar-refractivity contribution in [2.24, 2.45) is 0 Å². The predicted octanol–water partition coefficient (Wildman–Crippen LogP) is 2.22. The van der Waals surface area contributed by atoms with Crippen LogP contribution < -0.4 is 15.5 Å². The van der Waals surface area contributed by atoms with Gasteiger partial charge >= 0.3 is 6.03 Å². The van der Waals surface area contributed by atoms with E-state index in [0.29, 0.717) is 6.04 Å². The highest BCUT2D eigenvalue weighted by molar-refractivity contribution is 5.74. The summed E-state index contributed by atoms with van der Waals surface area (Å²) in [5.41, 5.74) is 2.65. The van der Waals surface area contributed by atoms with Crippen LogP contribution in [0.5, 0.6) is 0 Å². The average molecular weight is 445 g/mol. The molecule has 0 spiro atoms. The molecule has 0 bridgehead atoms. The Kier molecular flexibility index (Phi) is 9.63. The number of nitrogens with one attached hydrogen (secondary N) is 2. The number of rotatable bonds is 9. The molecule has 7 heteroatoms. The van der Waals surface area contributed by atoms with Gasteiger partial charge in [0, 0.05) is 76.7 Å². The number of carbonyl (C=O) groups excluding carboxylic acids is 1. The van der Waals surface area contributed by atoms with Crippen LogP contribution in [0.4, 0.5) is 10.5 Å². The van der Waals surface area contributed by atoms with Crippen LogP contribution in [-0.4, -0.2) is 106 Å². The van der Waals surface area contributed by atoms with Gasteiger partial charge in [0.1, 0.15) is 0 Å². The molecule has 180 valence electrons. The summed E-state index contributed by atoms with van der Waals surface area (Å²) in [5.74, 6) is 0. The Labute approximate surface area is 195 Å². The average Bonchev–Trinajstić information content (AvgIpc) is 2.77. The van der Waals surface area contributed by atoms with E-state index in [0.717, 1.165) is 78.2 Å². The highest BCUT2D eigenvalue weighted by Crippen LogP contribution is 2.18. The van der Waals surface area contributed by atoms with Crippen LogP contribution in [-0.2, 0) is 0 Å². The third kappa shape index (κ3) is 8.26. The fourth-order valence-electron chi connectivity index (χ4n) is 4.60. The van der Waals surface area contributed by atoms with Gasteiger partial charge in [0.25, 0.3) is 0 Å². The molecule has 2 N–H and O–H groups in total. The number of urea groups is 1. The van der Waals surface area contributed by atoms with Crippen molar-refractivity contribution in [2.75, 3.05) is 77.9 Å². The smallest absolute Gasteiger partial charge is 0.315 e. The summed E-state index contributed by atoms with van der Waals surface area (Å²) < 4.78 is 0. The zero-order valence-electron chi connectivity index (χ0n) is 20.6. The summed E-state index contributed by atoms with van der Waals surface area (Å²) in [6.07, 6.45) is 3.07. The van der Waals surface area contributed by atoms with Crippen molar-refractivity contribution >= 4 is 11.7 Å². The summed E-state index contributed by atoms with van der Waals surface area (Å²) in [5, 5.41) is 6.35. The number of likely N-dealkylation sites (tertiary alicyclic amines) is 1. The monoisotopic (exact) mass is 444 g/mol. The van der Waals surface area contributed by atoms with E-state index in [-0.39, 0.29) is 12.1 Å². The third-order valence-electron chi connectivity index (χ3n) is 6.78. The molecule has 0 saturated carbocycles. The van der Waals surface area contributed by atoms with Crippen molar-refractivity contribution in [1.29, 1.82) is 0 Å². The van der Waals surface area contributed by atoms with Gasteiger partial charge in [0.2, 0.25) is 0 Å². The largest absolute Gasteiger partial charge is 0.369 e. The molecular formula is C25H44N6O. The number of benzene rings is 1. The first-order valence-corrected chi connectivity index (χ1v) is 12.4. The minimum Gasteiger partial charge on any atom is -0.369 e. The summed E-state index contributed by atoms with van der Waals surface area (Å²) in [4.78, 5) is 22.2. The third-order valence-corrected chi connectivity index (χ3v) is 6.78. The van der Waals surface area contributed by atoms with Crippen LogP contribution in [0.25, 0.3) is 0 Å². The van der Waals surface area contributed by atoms with E-state index < -0.39 is 0 Å². The lowest BCUT2D eigenvalue weighted by Crippen LogP contribution is -2.51. The van der Waals surface area contributed by atoms with Crippen LogP contribution >= 0.6 is 0 Å². The minimum atomic E-state index is -0.00601. The fraction of sp³-hybridized carbons (Fsp3) is 0.720. The maximum Gasteiger partial charge on any atom is 0.315 e. The highest BCUT2D eigenvalue weighted by atomic mass is 16.2. The topological polar surface area (TPSA) is 54.1 Å². The molecular weight excluding hydrogens is 400 g/mol. The number of hydrogen-bond acceptors (Lipinski definition) is 5. The normalized spacial score (nSPS) is 19.8. The van der Waals surface area contributed by atoms with Crippen molar-refractivity contribution in [3.63, 3.8) is 0 Å². The number of piperidine rings is 1. The number of hydrogen-bond donors (Lipinski definition) is 2. The van der Waals surface area contributed by atoms with Gasteiger partial charge in [-0.2, -0.15) is 0 Å². The molecule has 0 aromatic heterocycles. The Morgan fingerprint density at radius 1 is 1.06 bits per heavy atom. The van der Waals surface area contributed by atoms with Crippen LogP contribution in [0.1, 0.15) is 31.7 Å². The Bertz CT molecular complexity index is 695. The molecule has 1 aromatic rings. The number of piperazine rings is 1. The fourth-order valence-corrected chi connectivity index (χ4v) is 4.60. The zero-order valence-corrected chi connectivity index (χ0v) is 20.6. The summed E-state index contributed by atoms with van der Waals surface area (Å²) in [6, 6.07) is 9.25. The van der Waals surface area contributed by atoms with E-state index >= 15 is 0 Å². The van der Waals surface area contributed by atoms with E-state index in [4.69, 9.17) is 0 Å². The van der Waals surface area contributed by atoms with E-state index in [2.05, 4.69) is 82.4 Å². The van der Waals surface area contributed by atoms with Crippen molar-refractivity contribution in [2.45, 2.75) is 45.2 Å². The van der Waals surface area contributed by atoms with E-state index in [1.54, 1.807) is 0 Å². The van der Waals surface area contributed by atoms with Gasteiger partial charge in [0.15, 0.2) is 0 Å². The SMILES string of the molecule is Cc1cccc(N2CCN(CCC(C)NC(=O)NC3CCN(CCN(C)C)CC3)CC2)c1. The van der Waals surface area contributed by atoms with Gasteiger partial charge in [0.05, 0.1) is 0 Å². The number of nitrogens with zero attached hydrogens (tertiary/aromatic N) is 4. The van der Waals surface area contributed by atoms with Gasteiger partial charge in [-0.05, 0) is 64.9 Å². The second-order valence-electron chi connectivity index (χ2n) is 9.89.